The number of fused-ring (bicyclic) bond motifs is 1. The lowest BCUT2D eigenvalue weighted by molar-refractivity contribution is 0.0473. The quantitative estimate of drug-likeness (QED) is 0.503. The third kappa shape index (κ3) is 3.59. The van der Waals surface area contributed by atoms with Gasteiger partial charge in [-0.1, -0.05) is 29.3 Å². The fourth-order valence-electron chi connectivity index (χ4n) is 2.64. The molecule has 0 radical (unpaired) electrons. The van der Waals surface area contributed by atoms with E-state index < -0.39 is 11.6 Å². The normalized spacial score (nSPS) is 10.9. The topological polar surface area (TPSA) is 56.5 Å². The molecule has 0 N–H and O–H groups in total. The van der Waals surface area contributed by atoms with Crippen LogP contribution in [0.4, 0.5) is 0 Å². The minimum atomic E-state index is -0.494. The summed E-state index contributed by atoms with van der Waals surface area (Å²) in [6.07, 6.45) is 0. The number of halogens is 1. The van der Waals surface area contributed by atoms with Crippen LogP contribution in [0, 0.1) is 20.8 Å². The van der Waals surface area contributed by atoms with Crippen molar-refractivity contribution in [3.05, 3.63) is 79.7 Å². The molecule has 128 valence electrons. The second-order valence-electron chi connectivity index (χ2n) is 6.08. The van der Waals surface area contributed by atoms with Gasteiger partial charge < -0.3 is 9.15 Å². The first-order chi connectivity index (χ1) is 11.8. The Morgan fingerprint density at radius 3 is 2.60 bits per heavy atom. The lowest BCUT2D eigenvalue weighted by atomic mass is 10.1. The summed E-state index contributed by atoms with van der Waals surface area (Å²) in [5.41, 5.74) is 3.63. The number of aryl methyl sites for hydroxylation is 3. The molecule has 3 rings (SSSR count). The van der Waals surface area contributed by atoms with Crippen LogP contribution in [-0.4, -0.2) is 5.97 Å². The van der Waals surface area contributed by atoms with Gasteiger partial charge in [-0.05, 0) is 50.1 Å². The van der Waals surface area contributed by atoms with E-state index in [0.717, 1.165) is 16.7 Å². The van der Waals surface area contributed by atoms with Crippen molar-refractivity contribution >= 4 is 28.5 Å². The molecule has 5 heteroatoms. The van der Waals surface area contributed by atoms with Gasteiger partial charge in [0.15, 0.2) is 0 Å². The Balaban J connectivity index is 1.93. The Labute approximate surface area is 150 Å². The maximum atomic E-state index is 12.4. The van der Waals surface area contributed by atoms with Crippen LogP contribution in [0.25, 0.3) is 11.0 Å². The molecule has 0 fully saturated rings. The molecule has 0 bridgehead atoms. The van der Waals surface area contributed by atoms with E-state index in [2.05, 4.69) is 0 Å². The Morgan fingerprint density at radius 1 is 1.08 bits per heavy atom. The van der Waals surface area contributed by atoms with Crippen molar-refractivity contribution in [3.63, 3.8) is 0 Å². The number of ether oxygens (including phenoxy) is 1. The molecule has 0 saturated carbocycles. The minimum absolute atomic E-state index is 0.0340. The minimum Gasteiger partial charge on any atom is -0.457 e. The van der Waals surface area contributed by atoms with Crippen LogP contribution in [0.5, 0.6) is 0 Å². The highest BCUT2D eigenvalue weighted by molar-refractivity contribution is 6.32. The monoisotopic (exact) mass is 356 g/mol. The van der Waals surface area contributed by atoms with Crippen LogP contribution in [0.3, 0.4) is 0 Å². The fourth-order valence-corrected chi connectivity index (χ4v) is 2.81. The molecular weight excluding hydrogens is 340 g/mol. The summed E-state index contributed by atoms with van der Waals surface area (Å²) < 4.78 is 10.6. The number of hydrogen-bond acceptors (Lipinski definition) is 4. The Morgan fingerprint density at radius 2 is 1.84 bits per heavy atom. The van der Waals surface area contributed by atoms with Crippen LogP contribution < -0.4 is 5.63 Å². The molecule has 3 aromatic rings. The van der Waals surface area contributed by atoms with Crippen molar-refractivity contribution < 1.29 is 13.9 Å². The summed E-state index contributed by atoms with van der Waals surface area (Å²) in [4.78, 5) is 24.2. The van der Waals surface area contributed by atoms with Gasteiger partial charge in [-0.15, -0.1) is 0 Å². The van der Waals surface area contributed by atoms with E-state index in [1.165, 1.54) is 6.07 Å². The van der Waals surface area contributed by atoms with Crippen molar-refractivity contribution in [1.29, 1.82) is 0 Å². The predicted molar refractivity (Wildman–Crippen MR) is 97.3 cm³/mol. The zero-order valence-corrected chi connectivity index (χ0v) is 14.9. The van der Waals surface area contributed by atoms with E-state index in [1.54, 1.807) is 18.2 Å². The van der Waals surface area contributed by atoms with E-state index in [9.17, 15) is 9.59 Å². The average Bonchev–Trinajstić information content (AvgIpc) is 2.56. The van der Waals surface area contributed by atoms with Crippen LogP contribution >= 0.6 is 11.6 Å². The molecule has 0 aliphatic rings. The molecule has 0 spiro atoms. The van der Waals surface area contributed by atoms with Crippen LogP contribution in [0.1, 0.15) is 32.6 Å². The maximum absolute atomic E-state index is 12.4. The lowest BCUT2D eigenvalue weighted by Crippen LogP contribution is -2.09. The number of esters is 1. The maximum Gasteiger partial charge on any atom is 0.338 e. The van der Waals surface area contributed by atoms with E-state index in [-0.39, 0.29) is 6.61 Å². The molecule has 4 nitrogen and oxygen atoms in total. The summed E-state index contributed by atoms with van der Waals surface area (Å²) in [5.74, 6) is -0.430. The van der Waals surface area contributed by atoms with E-state index >= 15 is 0 Å². The van der Waals surface area contributed by atoms with Crippen molar-refractivity contribution in [2.45, 2.75) is 27.4 Å². The van der Waals surface area contributed by atoms with Gasteiger partial charge in [-0.25, -0.2) is 9.59 Å². The molecular formula is C20H17ClO4. The summed E-state index contributed by atoms with van der Waals surface area (Å²) in [6, 6.07) is 10.3. The number of rotatable bonds is 3. The number of carbonyl (C=O) groups excluding carboxylic acids is 1. The molecule has 0 aliphatic carbocycles. The van der Waals surface area contributed by atoms with Gasteiger partial charge in [0.1, 0.15) is 12.2 Å². The van der Waals surface area contributed by atoms with Gasteiger partial charge in [-0.2, -0.15) is 0 Å². The molecule has 0 aliphatic heterocycles. The summed E-state index contributed by atoms with van der Waals surface area (Å²) in [6.45, 7) is 5.56. The second-order valence-corrected chi connectivity index (χ2v) is 6.49. The van der Waals surface area contributed by atoms with Gasteiger partial charge in [0.25, 0.3) is 0 Å². The zero-order chi connectivity index (χ0) is 18.1. The lowest BCUT2D eigenvalue weighted by Gasteiger charge is -2.10. The summed E-state index contributed by atoms with van der Waals surface area (Å²) in [7, 11) is 0. The molecule has 25 heavy (non-hydrogen) atoms. The van der Waals surface area contributed by atoms with E-state index in [1.807, 2.05) is 32.9 Å². The molecule has 1 heterocycles. The highest BCUT2D eigenvalue weighted by atomic mass is 35.5. The summed E-state index contributed by atoms with van der Waals surface area (Å²) >= 11 is 6.17. The standard InChI is InChI=1S/C20H17ClO4/c1-11-4-5-12(2)15(6-11)20(23)24-10-14-8-19(22)25-18-7-13(3)17(21)9-16(14)18/h4-9H,10H2,1-3H3. The van der Waals surface area contributed by atoms with Crippen molar-refractivity contribution in [1.82, 2.24) is 0 Å². The first-order valence-electron chi connectivity index (χ1n) is 7.82. The van der Waals surface area contributed by atoms with Gasteiger partial charge in [0.05, 0.1) is 5.56 Å². The summed E-state index contributed by atoms with van der Waals surface area (Å²) in [5, 5.41) is 1.22. The number of benzene rings is 2. The molecule has 0 unspecified atom stereocenters. The number of hydrogen-bond donors (Lipinski definition) is 0. The van der Waals surface area contributed by atoms with Crippen molar-refractivity contribution in [3.8, 4) is 0 Å². The third-order valence-corrected chi connectivity index (χ3v) is 4.49. The highest BCUT2D eigenvalue weighted by Crippen LogP contribution is 2.26. The number of carbonyl (C=O) groups is 1. The Bertz CT molecular complexity index is 1030. The molecule has 0 amide bonds. The van der Waals surface area contributed by atoms with Crippen LogP contribution in [0.15, 0.2) is 45.6 Å². The van der Waals surface area contributed by atoms with E-state index in [4.69, 9.17) is 20.8 Å². The van der Waals surface area contributed by atoms with Crippen LogP contribution in [0.2, 0.25) is 5.02 Å². The van der Waals surface area contributed by atoms with Gasteiger partial charge in [0.2, 0.25) is 0 Å². The molecule has 2 aromatic carbocycles. The average molecular weight is 357 g/mol. The third-order valence-electron chi connectivity index (χ3n) is 4.08. The Kier molecular flexibility index (Phi) is 4.64. The SMILES string of the molecule is Cc1ccc(C)c(C(=O)OCc2cc(=O)oc3cc(C)c(Cl)cc23)c1. The molecule has 0 saturated heterocycles. The van der Waals surface area contributed by atoms with Gasteiger partial charge in [0, 0.05) is 22.0 Å². The van der Waals surface area contributed by atoms with Gasteiger partial charge in [-0.3, -0.25) is 0 Å². The highest BCUT2D eigenvalue weighted by Gasteiger charge is 2.14. The zero-order valence-electron chi connectivity index (χ0n) is 14.2. The second kappa shape index (κ2) is 6.73. The van der Waals surface area contributed by atoms with Crippen molar-refractivity contribution in [2.75, 3.05) is 0 Å². The first-order valence-corrected chi connectivity index (χ1v) is 8.20. The van der Waals surface area contributed by atoms with Crippen LogP contribution in [-0.2, 0) is 11.3 Å². The Hall–Kier alpha value is -2.59. The smallest absolute Gasteiger partial charge is 0.338 e. The molecule has 0 atom stereocenters. The van der Waals surface area contributed by atoms with E-state index in [0.29, 0.717) is 27.1 Å². The molecule has 1 aromatic heterocycles. The fraction of sp³-hybridized carbons (Fsp3) is 0.200. The largest absolute Gasteiger partial charge is 0.457 e. The van der Waals surface area contributed by atoms with Crippen molar-refractivity contribution in [2.24, 2.45) is 0 Å². The first kappa shape index (κ1) is 17.2. The van der Waals surface area contributed by atoms with Gasteiger partial charge >= 0.3 is 11.6 Å². The predicted octanol–water partition coefficient (Wildman–Crippen LogP) is 4.73.